The van der Waals surface area contributed by atoms with Crippen LogP contribution in [-0.4, -0.2) is 37.9 Å². The van der Waals surface area contributed by atoms with E-state index in [1.807, 2.05) is 61.5 Å². The molecule has 0 bridgehead atoms. The lowest BCUT2D eigenvalue weighted by Crippen LogP contribution is -2.37. The average molecular weight is 374 g/mol. The fourth-order valence-electron chi connectivity index (χ4n) is 2.51. The van der Waals surface area contributed by atoms with E-state index in [9.17, 15) is 18.3 Å². The number of benzene rings is 2. The minimum Gasteiger partial charge on any atom is -0.477 e. The number of nitrogens with one attached hydrogen (secondary N) is 1. The monoisotopic (exact) mass is 374 g/mol. The standard InChI is InChI=1S/C19H22N2O4S/c1-14-9-7-8-12-16(14)17(15-10-5-4-6-11-15)13-18(19(22)23)20-26(24,25)21(2)3/h4-13,17,20H,1-3H3,(H,22,23)/b18-13-/t17-/m0/s1. The van der Waals surface area contributed by atoms with Gasteiger partial charge < -0.3 is 5.11 Å². The lowest BCUT2D eigenvalue weighted by Gasteiger charge is -2.19. The van der Waals surface area contributed by atoms with E-state index in [1.54, 1.807) is 0 Å². The molecule has 0 saturated carbocycles. The van der Waals surface area contributed by atoms with Gasteiger partial charge in [-0.3, -0.25) is 4.72 Å². The highest BCUT2D eigenvalue weighted by molar-refractivity contribution is 7.87. The molecular formula is C19H22N2O4S. The molecule has 0 aromatic heterocycles. The molecule has 7 heteroatoms. The first kappa shape index (κ1) is 19.7. The van der Waals surface area contributed by atoms with Crippen LogP contribution in [0.2, 0.25) is 0 Å². The van der Waals surface area contributed by atoms with Crippen LogP contribution in [0.25, 0.3) is 0 Å². The summed E-state index contributed by atoms with van der Waals surface area (Å²) in [7, 11) is -1.27. The maximum atomic E-state index is 12.1. The molecule has 0 radical (unpaired) electrons. The van der Waals surface area contributed by atoms with Crippen molar-refractivity contribution < 1.29 is 18.3 Å². The summed E-state index contributed by atoms with van der Waals surface area (Å²) in [5, 5.41) is 9.52. The molecule has 2 rings (SSSR count). The Morgan fingerprint density at radius 2 is 1.65 bits per heavy atom. The van der Waals surface area contributed by atoms with Crippen molar-refractivity contribution in [2.45, 2.75) is 12.8 Å². The molecule has 0 unspecified atom stereocenters. The zero-order chi connectivity index (χ0) is 19.3. The van der Waals surface area contributed by atoms with Gasteiger partial charge in [-0.15, -0.1) is 0 Å². The average Bonchev–Trinajstić information content (AvgIpc) is 2.59. The molecule has 6 nitrogen and oxygen atoms in total. The summed E-state index contributed by atoms with van der Waals surface area (Å²) in [6, 6.07) is 17.0. The molecule has 1 atom stereocenters. The van der Waals surface area contributed by atoms with Crippen molar-refractivity contribution >= 4 is 16.2 Å². The smallest absolute Gasteiger partial charge is 0.352 e. The molecule has 2 N–H and O–H groups in total. The Morgan fingerprint density at radius 3 is 2.19 bits per heavy atom. The Morgan fingerprint density at radius 1 is 1.08 bits per heavy atom. The largest absolute Gasteiger partial charge is 0.477 e. The molecule has 0 aliphatic carbocycles. The Bertz CT molecular complexity index is 906. The lowest BCUT2D eigenvalue weighted by molar-refractivity contribution is -0.132. The van der Waals surface area contributed by atoms with E-state index in [0.717, 1.165) is 21.0 Å². The van der Waals surface area contributed by atoms with Gasteiger partial charge in [0.2, 0.25) is 0 Å². The van der Waals surface area contributed by atoms with E-state index in [-0.39, 0.29) is 0 Å². The molecule has 0 amide bonds. The maximum Gasteiger partial charge on any atom is 0.352 e. The Kier molecular flexibility index (Phi) is 6.18. The quantitative estimate of drug-likeness (QED) is 0.729. The molecule has 0 heterocycles. The molecule has 138 valence electrons. The van der Waals surface area contributed by atoms with Crippen LogP contribution >= 0.6 is 0 Å². The van der Waals surface area contributed by atoms with Crippen LogP contribution in [-0.2, 0) is 15.0 Å². The van der Waals surface area contributed by atoms with Gasteiger partial charge in [-0.1, -0.05) is 54.6 Å². The van der Waals surface area contributed by atoms with Crippen LogP contribution < -0.4 is 4.72 Å². The summed E-state index contributed by atoms with van der Waals surface area (Å²) in [4.78, 5) is 11.7. The molecule has 0 spiro atoms. The van der Waals surface area contributed by atoms with Gasteiger partial charge in [0.15, 0.2) is 0 Å². The van der Waals surface area contributed by atoms with Gasteiger partial charge in [0.1, 0.15) is 5.70 Å². The first-order valence-electron chi connectivity index (χ1n) is 7.98. The van der Waals surface area contributed by atoms with Gasteiger partial charge in [0.05, 0.1) is 0 Å². The first-order valence-corrected chi connectivity index (χ1v) is 9.42. The SMILES string of the molecule is Cc1ccccc1[C@@H](/C=C(\NS(=O)(=O)N(C)C)C(=O)O)c1ccccc1. The van der Waals surface area contributed by atoms with Crippen LogP contribution in [0.15, 0.2) is 66.4 Å². The second kappa shape index (κ2) is 8.16. The number of nitrogens with zero attached hydrogens (tertiary/aromatic N) is 1. The van der Waals surface area contributed by atoms with E-state index in [1.165, 1.54) is 20.2 Å². The van der Waals surface area contributed by atoms with Gasteiger partial charge in [-0.25, -0.2) is 4.79 Å². The van der Waals surface area contributed by atoms with Crippen LogP contribution in [0.4, 0.5) is 0 Å². The topological polar surface area (TPSA) is 86.7 Å². The van der Waals surface area contributed by atoms with Crippen molar-refractivity contribution in [3.63, 3.8) is 0 Å². The Balaban J connectivity index is 2.59. The molecule has 0 aliphatic rings. The molecule has 0 fully saturated rings. The third kappa shape index (κ3) is 4.71. The highest BCUT2D eigenvalue weighted by Gasteiger charge is 2.22. The fraction of sp³-hybridized carbons (Fsp3) is 0.211. The number of aryl methyl sites for hydroxylation is 1. The molecule has 26 heavy (non-hydrogen) atoms. The third-order valence-corrected chi connectivity index (χ3v) is 5.40. The van der Waals surface area contributed by atoms with Crippen molar-refractivity contribution in [1.29, 1.82) is 0 Å². The van der Waals surface area contributed by atoms with Crippen LogP contribution in [0.1, 0.15) is 22.6 Å². The summed E-state index contributed by atoms with van der Waals surface area (Å²) in [6.45, 7) is 1.93. The Labute approximate surface area is 154 Å². The summed E-state index contributed by atoms with van der Waals surface area (Å²) in [5.74, 6) is -1.75. The van der Waals surface area contributed by atoms with E-state index in [2.05, 4.69) is 4.72 Å². The fourth-order valence-corrected chi connectivity index (χ4v) is 3.12. The number of carboxylic acid groups (broad SMARTS) is 1. The molecule has 2 aromatic rings. The second-order valence-corrected chi connectivity index (χ2v) is 7.90. The van der Waals surface area contributed by atoms with Crippen molar-refractivity contribution in [1.82, 2.24) is 9.03 Å². The third-order valence-electron chi connectivity index (χ3n) is 3.97. The highest BCUT2D eigenvalue weighted by atomic mass is 32.2. The van der Waals surface area contributed by atoms with E-state index in [0.29, 0.717) is 0 Å². The van der Waals surface area contributed by atoms with Crippen LogP contribution in [0.5, 0.6) is 0 Å². The summed E-state index contributed by atoms with van der Waals surface area (Å²) in [5.41, 5.74) is 2.36. The number of hydrogen-bond acceptors (Lipinski definition) is 3. The number of rotatable bonds is 7. The highest BCUT2D eigenvalue weighted by Crippen LogP contribution is 2.29. The van der Waals surface area contributed by atoms with Crippen LogP contribution in [0, 0.1) is 6.92 Å². The van der Waals surface area contributed by atoms with Crippen molar-refractivity contribution in [2.75, 3.05) is 14.1 Å². The predicted molar refractivity (Wildman–Crippen MR) is 101 cm³/mol. The lowest BCUT2D eigenvalue weighted by atomic mass is 9.88. The van der Waals surface area contributed by atoms with Crippen LogP contribution in [0.3, 0.4) is 0 Å². The molecule has 0 saturated heterocycles. The van der Waals surface area contributed by atoms with Gasteiger partial charge in [0, 0.05) is 20.0 Å². The summed E-state index contributed by atoms with van der Waals surface area (Å²) >= 11 is 0. The molecule has 2 aromatic carbocycles. The zero-order valence-electron chi connectivity index (χ0n) is 14.9. The molecular weight excluding hydrogens is 352 g/mol. The second-order valence-electron chi connectivity index (χ2n) is 6.02. The van der Waals surface area contributed by atoms with Crippen molar-refractivity contribution in [3.8, 4) is 0 Å². The van der Waals surface area contributed by atoms with Gasteiger partial charge in [-0.2, -0.15) is 12.7 Å². The van der Waals surface area contributed by atoms with E-state index in [4.69, 9.17) is 0 Å². The number of carboxylic acids is 1. The normalized spacial score (nSPS) is 13.5. The summed E-state index contributed by atoms with van der Waals surface area (Å²) < 4.78 is 27.2. The van der Waals surface area contributed by atoms with Crippen molar-refractivity contribution in [2.24, 2.45) is 0 Å². The van der Waals surface area contributed by atoms with Gasteiger partial charge >= 0.3 is 16.2 Å². The minimum absolute atomic E-state index is 0.393. The number of carbonyl (C=O) groups is 1. The number of aliphatic carboxylic acids is 1. The van der Waals surface area contributed by atoms with Gasteiger partial charge in [-0.05, 0) is 29.7 Å². The Hall–Kier alpha value is -2.64. The van der Waals surface area contributed by atoms with Crippen molar-refractivity contribution in [3.05, 3.63) is 83.1 Å². The molecule has 0 aliphatic heterocycles. The van der Waals surface area contributed by atoms with E-state index < -0.39 is 27.8 Å². The predicted octanol–water partition coefficient (Wildman–Crippen LogP) is 2.49. The number of hydrogen-bond donors (Lipinski definition) is 2. The van der Waals surface area contributed by atoms with Gasteiger partial charge in [0.25, 0.3) is 0 Å². The summed E-state index contributed by atoms with van der Waals surface area (Å²) in [6.07, 6.45) is 1.43. The first-order chi connectivity index (χ1) is 12.2. The maximum absolute atomic E-state index is 12.1. The minimum atomic E-state index is -3.93. The van der Waals surface area contributed by atoms with E-state index >= 15 is 0 Å². The zero-order valence-corrected chi connectivity index (χ0v) is 15.7. The number of allylic oxidation sites excluding steroid dienone is 1.